The summed E-state index contributed by atoms with van der Waals surface area (Å²) in [4.78, 5) is 12.8. The van der Waals surface area contributed by atoms with E-state index in [-0.39, 0.29) is 0 Å². The monoisotopic (exact) mass is 552 g/mol. The molecule has 1 aromatic heterocycles. The first-order valence-electron chi connectivity index (χ1n) is 14.3. The number of nitrogens with zero attached hydrogens (tertiary/aromatic N) is 2. The van der Waals surface area contributed by atoms with E-state index in [2.05, 4.69) is 127 Å². The number of rotatable bonds is 2. The highest BCUT2D eigenvalue weighted by molar-refractivity contribution is 7.99. The highest BCUT2D eigenvalue weighted by Gasteiger charge is 2.50. The van der Waals surface area contributed by atoms with Gasteiger partial charge in [0.2, 0.25) is 0 Å². The molecule has 0 radical (unpaired) electrons. The van der Waals surface area contributed by atoms with Crippen molar-refractivity contribution in [2.24, 2.45) is 0 Å². The molecule has 1 aliphatic carbocycles. The van der Waals surface area contributed by atoms with Crippen LogP contribution < -0.4 is 0 Å². The van der Waals surface area contributed by atoms with Gasteiger partial charge < -0.3 is 0 Å². The summed E-state index contributed by atoms with van der Waals surface area (Å²) >= 11 is 1.86. The number of para-hydroxylation sites is 1. The Labute approximate surface area is 248 Å². The lowest BCUT2D eigenvalue weighted by Gasteiger charge is -2.40. The number of benzene rings is 6. The molecule has 0 amide bonds. The second-order valence-corrected chi connectivity index (χ2v) is 12.0. The van der Waals surface area contributed by atoms with Crippen molar-refractivity contribution < 1.29 is 0 Å². The van der Waals surface area contributed by atoms with Crippen molar-refractivity contribution in [2.45, 2.75) is 15.2 Å². The first-order chi connectivity index (χ1) is 20.8. The Morgan fingerprint density at radius 2 is 1.05 bits per heavy atom. The van der Waals surface area contributed by atoms with E-state index in [1.807, 2.05) is 30.0 Å². The van der Waals surface area contributed by atoms with E-state index in [4.69, 9.17) is 9.97 Å². The Hall–Kier alpha value is -4.99. The van der Waals surface area contributed by atoms with E-state index in [1.54, 1.807) is 0 Å². The number of aromatic nitrogens is 2. The van der Waals surface area contributed by atoms with E-state index < -0.39 is 5.41 Å². The van der Waals surface area contributed by atoms with E-state index in [0.29, 0.717) is 0 Å². The normalized spacial score (nSPS) is 13.8. The minimum Gasteiger partial charge on any atom is -0.228 e. The molecule has 42 heavy (non-hydrogen) atoms. The van der Waals surface area contributed by atoms with E-state index in [9.17, 15) is 0 Å². The summed E-state index contributed by atoms with van der Waals surface area (Å²) in [6.45, 7) is 0. The Kier molecular flexibility index (Phi) is 5.08. The third-order valence-electron chi connectivity index (χ3n) is 8.76. The van der Waals surface area contributed by atoms with Crippen molar-refractivity contribution in [2.75, 3.05) is 0 Å². The van der Waals surface area contributed by atoms with Crippen LogP contribution in [0.25, 0.3) is 44.7 Å². The van der Waals surface area contributed by atoms with Gasteiger partial charge in [0.15, 0.2) is 5.82 Å². The van der Waals surface area contributed by atoms with E-state index >= 15 is 0 Å². The summed E-state index contributed by atoms with van der Waals surface area (Å²) < 4.78 is 0. The summed E-state index contributed by atoms with van der Waals surface area (Å²) in [6, 6.07) is 52.3. The van der Waals surface area contributed by atoms with Crippen LogP contribution in [0.4, 0.5) is 0 Å². The van der Waals surface area contributed by atoms with Gasteiger partial charge in [0.25, 0.3) is 0 Å². The topological polar surface area (TPSA) is 25.8 Å². The molecule has 2 nitrogen and oxygen atoms in total. The molecule has 1 aliphatic heterocycles. The van der Waals surface area contributed by atoms with Gasteiger partial charge in [-0.2, -0.15) is 0 Å². The predicted molar refractivity (Wildman–Crippen MR) is 172 cm³/mol. The molecule has 7 aromatic rings. The molecule has 0 bridgehead atoms. The first kappa shape index (κ1) is 23.7. The summed E-state index contributed by atoms with van der Waals surface area (Å²) in [5.74, 6) is 0.745. The second kappa shape index (κ2) is 9.01. The maximum absolute atomic E-state index is 5.28. The SMILES string of the molecule is c1ccc(-c2nc(-c3cccc4c3Sc3ccccc3C43c4ccccc4-c4ccccc43)c3ccccc3n2)cc1. The van der Waals surface area contributed by atoms with Gasteiger partial charge in [-0.05, 0) is 45.5 Å². The Balaban J connectivity index is 1.40. The average Bonchev–Trinajstić information content (AvgIpc) is 3.35. The van der Waals surface area contributed by atoms with Crippen molar-refractivity contribution in [3.8, 4) is 33.8 Å². The molecular formula is C39H24N2S. The van der Waals surface area contributed by atoms with Gasteiger partial charge in [0.1, 0.15) is 0 Å². The lowest BCUT2D eigenvalue weighted by molar-refractivity contribution is 0.723. The smallest absolute Gasteiger partial charge is 0.160 e. The Bertz CT molecular complexity index is 2140. The van der Waals surface area contributed by atoms with E-state index in [1.165, 1.54) is 43.2 Å². The maximum Gasteiger partial charge on any atom is 0.160 e. The Morgan fingerprint density at radius 3 is 1.83 bits per heavy atom. The van der Waals surface area contributed by atoms with Crippen molar-refractivity contribution in [1.29, 1.82) is 0 Å². The molecule has 0 N–H and O–H groups in total. The molecule has 0 saturated heterocycles. The van der Waals surface area contributed by atoms with Crippen molar-refractivity contribution >= 4 is 22.7 Å². The van der Waals surface area contributed by atoms with Gasteiger partial charge in [0.05, 0.1) is 16.6 Å². The van der Waals surface area contributed by atoms with Crippen LogP contribution in [0.3, 0.4) is 0 Å². The molecule has 1 spiro atoms. The van der Waals surface area contributed by atoms with Crippen molar-refractivity contribution in [3.05, 3.63) is 168 Å². The van der Waals surface area contributed by atoms with Crippen LogP contribution in [0.2, 0.25) is 0 Å². The fourth-order valence-corrected chi connectivity index (χ4v) is 8.37. The fraction of sp³-hybridized carbons (Fsp3) is 0.0256. The zero-order valence-electron chi connectivity index (χ0n) is 22.7. The van der Waals surface area contributed by atoms with Gasteiger partial charge in [-0.15, -0.1) is 0 Å². The molecule has 0 fully saturated rings. The molecule has 2 heterocycles. The van der Waals surface area contributed by atoms with Crippen LogP contribution >= 0.6 is 11.8 Å². The first-order valence-corrected chi connectivity index (χ1v) is 15.1. The third-order valence-corrected chi connectivity index (χ3v) is 9.98. The average molecular weight is 553 g/mol. The standard InChI is InChI=1S/C39H24N2S/c1-2-13-25(14-3-1)38-40-34-23-10-6-17-28(34)36(41-38)29-18-12-22-33-37(29)42-35-24-11-9-21-32(35)39(33)30-19-7-4-15-26(30)27-16-5-8-20-31(27)39/h1-24H. The molecule has 3 heteroatoms. The molecule has 0 atom stereocenters. The highest BCUT2D eigenvalue weighted by atomic mass is 32.2. The van der Waals surface area contributed by atoms with Crippen LogP contribution in [0.15, 0.2) is 155 Å². The summed E-state index contributed by atoms with van der Waals surface area (Å²) in [5, 5.41) is 1.06. The fourth-order valence-electron chi connectivity index (χ4n) is 7.06. The van der Waals surface area contributed by atoms with Gasteiger partial charge in [-0.3, -0.25) is 0 Å². The molecule has 0 saturated carbocycles. The van der Waals surface area contributed by atoms with Gasteiger partial charge in [0, 0.05) is 26.3 Å². The van der Waals surface area contributed by atoms with E-state index in [0.717, 1.165) is 33.5 Å². The zero-order chi connectivity index (χ0) is 27.7. The highest BCUT2D eigenvalue weighted by Crippen LogP contribution is 2.63. The van der Waals surface area contributed by atoms with Gasteiger partial charge >= 0.3 is 0 Å². The van der Waals surface area contributed by atoms with Crippen LogP contribution in [0, 0.1) is 0 Å². The van der Waals surface area contributed by atoms with Crippen molar-refractivity contribution in [1.82, 2.24) is 9.97 Å². The Morgan fingerprint density at radius 1 is 0.452 bits per heavy atom. The predicted octanol–water partition coefficient (Wildman–Crippen LogP) is 9.79. The second-order valence-electron chi connectivity index (χ2n) is 10.9. The largest absolute Gasteiger partial charge is 0.228 e. The van der Waals surface area contributed by atoms with Crippen LogP contribution in [0.5, 0.6) is 0 Å². The number of fused-ring (bicyclic) bond motifs is 10. The molecule has 6 aromatic carbocycles. The van der Waals surface area contributed by atoms with Gasteiger partial charge in [-0.25, -0.2) is 9.97 Å². The third kappa shape index (κ3) is 3.17. The van der Waals surface area contributed by atoms with Crippen LogP contribution in [-0.4, -0.2) is 9.97 Å². The van der Waals surface area contributed by atoms with Crippen LogP contribution in [0.1, 0.15) is 22.3 Å². The molecule has 2 aliphatic rings. The maximum atomic E-state index is 5.28. The quantitative estimate of drug-likeness (QED) is 0.213. The summed E-state index contributed by atoms with van der Waals surface area (Å²) in [5.41, 5.74) is 11.6. The summed E-state index contributed by atoms with van der Waals surface area (Å²) in [7, 11) is 0. The minimum atomic E-state index is -0.411. The molecular weight excluding hydrogens is 529 g/mol. The lowest BCUT2D eigenvalue weighted by Crippen LogP contribution is -2.32. The molecule has 196 valence electrons. The zero-order valence-corrected chi connectivity index (χ0v) is 23.5. The van der Waals surface area contributed by atoms with Crippen molar-refractivity contribution in [3.63, 3.8) is 0 Å². The summed E-state index contributed by atoms with van der Waals surface area (Å²) in [6.07, 6.45) is 0. The van der Waals surface area contributed by atoms with Gasteiger partial charge in [-0.1, -0.05) is 145 Å². The number of hydrogen-bond donors (Lipinski definition) is 0. The number of hydrogen-bond acceptors (Lipinski definition) is 3. The van der Waals surface area contributed by atoms with Crippen LogP contribution in [-0.2, 0) is 5.41 Å². The molecule has 9 rings (SSSR count). The minimum absolute atomic E-state index is 0.411. The molecule has 0 unspecified atom stereocenters. The lowest BCUT2D eigenvalue weighted by atomic mass is 9.67.